The van der Waals surface area contributed by atoms with E-state index in [1.54, 1.807) is 18.2 Å². The van der Waals surface area contributed by atoms with Crippen molar-refractivity contribution in [3.8, 4) is 0 Å². The minimum absolute atomic E-state index is 0.0237. The summed E-state index contributed by atoms with van der Waals surface area (Å²) in [5.41, 5.74) is -0.371. The highest BCUT2D eigenvalue weighted by Crippen LogP contribution is 2.08. The summed E-state index contributed by atoms with van der Waals surface area (Å²) in [6.07, 6.45) is 1.18. The number of carbonyl (C=O) groups is 1. The van der Waals surface area contributed by atoms with E-state index in [1.807, 2.05) is 4.72 Å². The summed E-state index contributed by atoms with van der Waals surface area (Å²) < 4.78 is 25.4. The zero-order valence-electron chi connectivity index (χ0n) is 8.54. The van der Waals surface area contributed by atoms with Gasteiger partial charge in [-0.25, -0.2) is 13.2 Å². The van der Waals surface area contributed by atoms with Gasteiger partial charge in [0.25, 0.3) is 10.0 Å². The second-order valence-electron chi connectivity index (χ2n) is 2.93. The van der Waals surface area contributed by atoms with Gasteiger partial charge in [-0.05, 0) is 19.1 Å². The number of carboxylic acid groups (broad SMARTS) is 1. The van der Waals surface area contributed by atoms with Gasteiger partial charge >= 0.3 is 5.97 Å². The largest absolute Gasteiger partial charge is 0.477 e. The Hall–Kier alpha value is -1.82. The molecule has 0 radical (unpaired) electrons. The zero-order valence-corrected chi connectivity index (χ0v) is 9.36. The lowest BCUT2D eigenvalue weighted by Gasteiger charge is -2.07. The first kappa shape index (κ1) is 12.3. The molecule has 0 unspecified atom stereocenters. The summed E-state index contributed by atoms with van der Waals surface area (Å²) in [6.45, 7) is 1.44. The first-order chi connectivity index (χ1) is 7.47. The minimum Gasteiger partial charge on any atom is -0.477 e. The van der Waals surface area contributed by atoms with E-state index in [9.17, 15) is 13.2 Å². The highest BCUT2D eigenvalue weighted by molar-refractivity contribution is 7.89. The van der Waals surface area contributed by atoms with Gasteiger partial charge in [0.05, 0.1) is 4.90 Å². The van der Waals surface area contributed by atoms with Crippen LogP contribution in [0.15, 0.2) is 47.0 Å². The Morgan fingerprint density at radius 2 is 1.88 bits per heavy atom. The van der Waals surface area contributed by atoms with Crippen molar-refractivity contribution in [2.45, 2.75) is 11.8 Å². The van der Waals surface area contributed by atoms with Crippen LogP contribution >= 0.6 is 0 Å². The molecule has 5 nitrogen and oxygen atoms in total. The van der Waals surface area contributed by atoms with Crippen molar-refractivity contribution in [1.82, 2.24) is 4.72 Å². The maximum absolute atomic E-state index is 11.7. The van der Waals surface area contributed by atoms with E-state index in [0.29, 0.717) is 0 Å². The molecule has 6 heteroatoms. The lowest BCUT2D eigenvalue weighted by Crippen LogP contribution is -2.27. The van der Waals surface area contributed by atoms with Crippen LogP contribution in [-0.4, -0.2) is 19.5 Å². The number of carboxylic acids is 1. The van der Waals surface area contributed by atoms with E-state index in [2.05, 4.69) is 0 Å². The number of benzene rings is 1. The predicted molar refractivity (Wildman–Crippen MR) is 58.2 cm³/mol. The normalized spacial score (nSPS) is 12.2. The summed E-state index contributed by atoms with van der Waals surface area (Å²) in [6, 6.07) is 7.57. The fourth-order valence-corrected chi connectivity index (χ4v) is 2.16. The summed E-state index contributed by atoms with van der Waals surface area (Å²) in [5.74, 6) is -1.32. The standard InChI is InChI=1S/C10H11NO4S/c1-2-9(10(12)13)11-16(14,15)8-6-4-3-5-7-8/h2-7,11H,1H3,(H,12,13)/b9-2+. The van der Waals surface area contributed by atoms with Crippen molar-refractivity contribution in [1.29, 1.82) is 0 Å². The van der Waals surface area contributed by atoms with Crippen LogP contribution in [0.4, 0.5) is 0 Å². The molecule has 0 fully saturated rings. The molecule has 0 bridgehead atoms. The smallest absolute Gasteiger partial charge is 0.352 e. The van der Waals surface area contributed by atoms with Crippen LogP contribution in [0, 0.1) is 0 Å². The number of rotatable bonds is 4. The Bertz CT molecular complexity index is 505. The van der Waals surface area contributed by atoms with Crippen molar-refractivity contribution in [3.05, 3.63) is 42.1 Å². The van der Waals surface area contributed by atoms with Gasteiger partial charge in [0, 0.05) is 0 Å². The second kappa shape index (κ2) is 4.80. The average Bonchev–Trinajstić information content (AvgIpc) is 2.27. The van der Waals surface area contributed by atoms with Gasteiger partial charge in [0.1, 0.15) is 5.70 Å². The maximum Gasteiger partial charge on any atom is 0.352 e. The number of hydrogen-bond donors (Lipinski definition) is 2. The molecule has 0 aliphatic rings. The van der Waals surface area contributed by atoms with E-state index in [1.165, 1.54) is 25.1 Å². The highest BCUT2D eigenvalue weighted by atomic mass is 32.2. The molecule has 0 amide bonds. The molecule has 0 aliphatic carbocycles. The molecular formula is C10H11NO4S. The topological polar surface area (TPSA) is 83.5 Å². The van der Waals surface area contributed by atoms with E-state index in [0.717, 1.165) is 0 Å². The molecule has 1 rings (SSSR count). The molecule has 0 heterocycles. The SMILES string of the molecule is C/C=C(/NS(=O)(=O)c1ccccc1)C(=O)O. The van der Waals surface area contributed by atoms with Crippen molar-refractivity contribution in [3.63, 3.8) is 0 Å². The quantitative estimate of drug-likeness (QED) is 0.769. The van der Waals surface area contributed by atoms with Crippen LogP contribution in [-0.2, 0) is 14.8 Å². The first-order valence-electron chi connectivity index (χ1n) is 4.45. The van der Waals surface area contributed by atoms with Gasteiger partial charge in [-0.3, -0.25) is 4.72 Å². The van der Waals surface area contributed by atoms with Crippen LogP contribution in [0.25, 0.3) is 0 Å². The summed E-state index contributed by atoms with van der Waals surface area (Å²) >= 11 is 0. The third-order valence-electron chi connectivity index (χ3n) is 1.82. The molecule has 0 aliphatic heterocycles. The van der Waals surface area contributed by atoms with Crippen molar-refractivity contribution < 1.29 is 18.3 Å². The first-order valence-corrected chi connectivity index (χ1v) is 5.93. The molecule has 0 spiro atoms. The second-order valence-corrected chi connectivity index (χ2v) is 4.61. The summed E-state index contributed by atoms with van der Waals surface area (Å²) in [7, 11) is -3.82. The van der Waals surface area contributed by atoms with Crippen molar-refractivity contribution in [2.24, 2.45) is 0 Å². The molecule has 2 N–H and O–H groups in total. The fourth-order valence-electron chi connectivity index (χ4n) is 1.03. The molecule has 0 saturated heterocycles. The third-order valence-corrected chi connectivity index (χ3v) is 3.20. The van der Waals surface area contributed by atoms with E-state index >= 15 is 0 Å². The summed E-state index contributed by atoms with van der Waals surface area (Å²) in [5, 5.41) is 8.69. The molecule has 1 aromatic carbocycles. The molecule has 0 atom stereocenters. The van der Waals surface area contributed by atoms with Gasteiger partial charge < -0.3 is 5.11 Å². The molecule has 86 valence electrons. The Morgan fingerprint density at radius 1 is 1.31 bits per heavy atom. The molecule has 1 aromatic rings. The molecular weight excluding hydrogens is 230 g/mol. The molecule has 0 aromatic heterocycles. The summed E-state index contributed by atoms with van der Waals surface area (Å²) in [4.78, 5) is 10.7. The Balaban J connectivity index is 3.02. The fraction of sp³-hybridized carbons (Fsp3) is 0.100. The monoisotopic (exact) mass is 241 g/mol. The highest BCUT2D eigenvalue weighted by Gasteiger charge is 2.17. The van der Waals surface area contributed by atoms with Crippen LogP contribution in [0.5, 0.6) is 0 Å². The Kier molecular flexibility index (Phi) is 3.68. The van der Waals surface area contributed by atoms with Gasteiger partial charge in [0.15, 0.2) is 0 Å². The van der Waals surface area contributed by atoms with Crippen LogP contribution in [0.1, 0.15) is 6.92 Å². The molecule has 16 heavy (non-hydrogen) atoms. The number of allylic oxidation sites excluding steroid dienone is 1. The van der Waals surface area contributed by atoms with E-state index in [-0.39, 0.29) is 10.6 Å². The lowest BCUT2D eigenvalue weighted by molar-refractivity contribution is -0.132. The van der Waals surface area contributed by atoms with Gasteiger partial charge in [-0.2, -0.15) is 0 Å². The predicted octanol–water partition coefficient (Wildman–Crippen LogP) is 0.953. The molecule has 0 saturated carbocycles. The average molecular weight is 241 g/mol. The van der Waals surface area contributed by atoms with Crippen molar-refractivity contribution in [2.75, 3.05) is 0 Å². The van der Waals surface area contributed by atoms with Crippen LogP contribution < -0.4 is 4.72 Å². The maximum atomic E-state index is 11.7. The van der Waals surface area contributed by atoms with E-state index < -0.39 is 16.0 Å². The van der Waals surface area contributed by atoms with Gasteiger partial charge in [-0.15, -0.1) is 0 Å². The third kappa shape index (κ3) is 2.83. The number of sulfonamides is 1. The lowest BCUT2D eigenvalue weighted by atomic mass is 10.4. The van der Waals surface area contributed by atoms with Gasteiger partial charge in [0.2, 0.25) is 0 Å². The minimum atomic E-state index is -3.82. The van der Waals surface area contributed by atoms with Crippen LogP contribution in [0.3, 0.4) is 0 Å². The Labute approximate surface area is 93.5 Å². The zero-order chi connectivity index (χ0) is 12.2. The van der Waals surface area contributed by atoms with Crippen molar-refractivity contribution >= 4 is 16.0 Å². The number of nitrogens with one attached hydrogen (secondary N) is 1. The van der Waals surface area contributed by atoms with E-state index in [4.69, 9.17) is 5.11 Å². The van der Waals surface area contributed by atoms with Crippen LogP contribution in [0.2, 0.25) is 0 Å². The number of hydrogen-bond acceptors (Lipinski definition) is 3. The van der Waals surface area contributed by atoms with Gasteiger partial charge in [-0.1, -0.05) is 24.3 Å². The Morgan fingerprint density at radius 3 is 2.31 bits per heavy atom. The number of aliphatic carboxylic acids is 1.